The molecule has 1 fully saturated rings. The van der Waals surface area contributed by atoms with Gasteiger partial charge in [0.05, 0.1) is 25.2 Å². The molecule has 28 heavy (non-hydrogen) atoms. The molecule has 3 heterocycles. The number of hydrogen-bond acceptors (Lipinski definition) is 5. The third kappa shape index (κ3) is 4.74. The Bertz CT molecular complexity index is 798. The highest BCUT2D eigenvalue weighted by molar-refractivity contribution is 7.10. The maximum atomic E-state index is 12.8. The number of thiophene rings is 1. The standard InChI is InChI=1S/C22H28N2O3S/c1-16-12-23(13-17(2)27-16)14-18-5-6-21-19(10-18)15-24(7-8-26-21)22(25)11-20-4-3-9-28-20/h3-6,9-10,16-17H,7-8,11-15H2,1-2H3/t16-,17+. The van der Waals surface area contributed by atoms with Crippen LogP contribution in [0.1, 0.15) is 29.9 Å². The number of fused-ring (bicyclic) bond motifs is 1. The third-order valence-electron chi connectivity index (χ3n) is 5.26. The van der Waals surface area contributed by atoms with Gasteiger partial charge in [-0.1, -0.05) is 12.1 Å². The molecule has 150 valence electrons. The summed E-state index contributed by atoms with van der Waals surface area (Å²) in [4.78, 5) is 18.2. The first kappa shape index (κ1) is 19.4. The molecule has 0 bridgehead atoms. The Labute approximate surface area is 170 Å². The normalized spacial score (nSPS) is 23.0. The fraction of sp³-hybridized carbons (Fsp3) is 0.500. The molecule has 6 heteroatoms. The predicted molar refractivity (Wildman–Crippen MR) is 111 cm³/mol. The van der Waals surface area contributed by atoms with Gasteiger partial charge >= 0.3 is 0 Å². The van der Waals surface area contributed by atoms with Crippen molar-refractivity contribution in [2.75, 3.05) is 26.2 Å². The molecule has 1 aromatic carbocycles. The molecule has 0 spiro atoms. The summed E-state index contributed by atoms with van der Waals surface area (Å²) >= 11 is 1.63. The molecule has 1 aromatic heterocycles. The zero-order chi connectivity index (χ0) is 19.5. The van der Waals surface area contributed by atoms with Crippen molar-refractivity contribution in [1.82, 2.24) is 9.80 Å². The Kier molecular flexibility index (Phi) is 5.99. The van der Waals surface area contributed by atoms with E-state index in [0.717, 1.165) is 35.8 Å². The van der Waals surface area contributed by atoms with Gasteiger partial charge in [-0.25, -0.2) is 0 Å². The molecule has 0 radical (unpaired) electrons. The quantitative estimate of drug-likeness (QED) is 0.790. The van der Waals surface area contributed by atoms with Crippen LogP contribution in [0.5, 0.6) is 5.75 Å². The zero-order valence-corrected chi connectivity index (χ0v) is 17.4. The first-order valence-electron chi connectivity index (χ1n) is 9.99. The molecule has 1 amide bonds. The summed E-state index contributed by atoms with van der Waals surface area (Å²) < 4.78 is 11.8. The van der Waals surface area contributed by atoms with E-state index >= 15 is 0 Å². The second-order valence-electron chi connectivity index (χ2n) is 7.81. The van der Waals surface area contributed by atoms with E-state index in [2.05, 4.69) is 36.9 Å². The molecular weight excluding hydrogens is 372 g/mol. The Balaban J connectivity index is 1.45. The van der Waals surface area contributed by atoms with Gasteiger partial charge in [-0.05, 0) is 43.0 Å². The average molecular weight is 401 g/mol. The monoisotopic (exact) mass is 400 g/mol. The molecule has 0 saturated carbocycles. The lowest BCUT2D eigenvalue weighted by molar-refractivity contribution is -0.131. The van der Waals surface area contributed by atoms with Gasteiger partial charge in [0.1, 0.15) is 12.4 Å². The van der Waals surface area contributed by atoms with Gasteiger partial charge in [0.15, 0.2) is 0 Å². The van der Waals surface area contributed by atoms with Gasteiger partial charge in [0.2, 0.25) is 5.91 Å². The Morgan fingerprint density at radius 3 is 2.79 bits per heavy atom. The highest BCUT2D eigenvalue weighted by Crippen LogP contribution is 2.26. The molecule has 2 aliphatic rings. The van der Waals surface area contributed by atoms with E-state index in [1.165, 1.54) is 5.56 Å². The largest absolute Gasteiger partial charge is 0.491 e. The van der Waals surface area contributed by atoms with Crippen molar-refractivity contribution in [2.45, 2.75) is 45.6 Å². The van der Waals surface area contributed by atoms with E-state index in [1.54, 1.807) is 11.3 Å². The molecule has 1 saturated heterocycles. The first-order chi connectivity index (χ1) is 13.6. The predicted octanol–water partition coefficient (Wildman–Crippen LogP) is 3.32. The van der Waals surface area contributed by atoms with E-state index < -0.39 is 0 Å². The van der Waals surface area contributed by atoms with Crippen LogP contribution in [-0.2, 0) is 29.0 Å². The zero-order valence-electron chi connectivity index (χ0n) is 16.6. The molecule has 0 aliphatic carbocycles. The average Bonchev–Trinajstić information content (AvgIpc) is 3.05. The number of ether oxygens (including phenoxy) is 2. The van der Waals surface area contributed by atoms with Gasteiger partial charge < -0.3 is 14.4 Å². The number of benzene rings is 1. The molecule has 0 N–H and O–H groups in total. The van der Waals surface area contributed by atoms with Gasteiger partial charge in [-0.2, -0.15) is 0 Å². The van der Waals surface area contributed by atoms with Crippen molar-refractivity contribution >= 4 is 17.2 Å². The fourth-order valence-electron chi connectivity index (χ4n) is 4.10. The third-order valence-corrected chi connectivity index (χ3v) is 6.14. The minimum Gasteiger partial charge on any atom is -0.491 e. The summed E-state index contributed by atoms with van der Waals surface area (Å²) in [7, 11) is 0. The molecule has 4 rings (SSSR count). The summed E-state index contributed by atoms with van der Waals surface area (Å²) in [6.07, 6.45) is 0.993. The summed E-state index contributed by atoms with van der Waals surface area (Å²) in [5, 5.41) is 2.02. The smallest absolute Gasteiger partial charge is 0.228 e. The van der Waals surface area contributed by atoms with Crippen LogP contribution >= 0.6 is 11.3 Å². The molecule has 2 aromatic rings. The number of carbonyl (C=O) groups is 1. The van der Waals surface area contributed by atoms with Crippen LogP contribution < -0.4 is 4.74 Å². The van der Waals surface area contributed by atoms with E-state index in [0.29, 0.717) is 26.1 Å². The Morgan fingerprint density at radius 2 is 2.04 bits per heavy atom. The summed E-state index contributed by atoms with van der Waals surface area (Å²) in [6.45, 7) is 8.84. The van der Waals surface area contributed by atoms with Crippen molar-refractivity contribution in [1.29, 1.82) is 0 Å². The Hall–Kier alpha value is -1.89. The lowest BCUT2D eigenvalue weighted by Gasteiger charge is -2.35. The Morgan fingerprint density at radius 1 is 1.21 bits per heavy atom. The van der Waals surface area contributed by atoms with Gasteiger partial charge in [0, 0.05) is 36.6 Å². The van der Waals surface area contributed by atoms with Gasteiger partial charge in [-0.3, -0.25) is 9.69 Å². The fourth-order valence-corrected chi connectivity index (χ4v) is 4.80. The van der Waals surface area contributed by atoms with Gasteiger partial charge in [0.25, 0.3) is 0 Å². The van der Waals surface area contributed by atoms with Crippen LogP contribution in [0.4, 0.5) is 0 Å². The lowest BCUT2D eigenvalue weighted by atomic mass is 10.1. The van der Waals surface area contributed by atoms with Crippen molar-refractivity contribution in [3.05, 3.63) is 51.7 Å². The van der Waals surface area contributed by atoms with E-state index in [-0.39, 0.29) is 18.1 Å². The van der Waals surface area contributed by atoms with Crippen molar-refractivity contribution in [2.24, 2.45) is 0 Å². The maximum absolute atomic E-state index is 12.8. The summed E-state index contributed by atoms with van der Waals surface area (Å²) in [5.41, 5.74) is 2.36. The SMILES string of the molecule is C[C@@H]1CN(Cc2ccc3c(c2)CN(C(=O)Cc2cccs2)CCO3)C[C@H](C)O1. The molecule has 2 aliphatic heterocycles. The van der Waals surface area contributed by atoms with Crippen LogP contribution in [0, 0.1) is 0 Å². The van der Waals surface area contributed by atoms with Gasteiger partial charge in [-0.15, -0.1) is 11.3 Å². The number of hydrogen-bond donors (Lipinski definition) is 0. The van der Waals surface area contributed by atoms with Crippen molar-refractivity contribution in [3.8, 4) is 5.75 Å². The molecular formula is C22H28N2O3S. The number of amides is 1. The van der Waals surface area contributed by atoms with Crippen molar-refractivity contribution in [3.63, 3.8) is 0 Å². The van der Waals surface area contributed by atoms with Crippen molar-refractivity contribution < 1.29 is 14.3 Å². The highest BCUT2D eigenvalue weighted by Gasteiger charge is 2.24. The second kappa shape index (κ2) is 8.64. The number of carbonyl (C=O) groups excluding carboxylic acids is 1. The van der Waals surface area contributed by atoms with Crippen LogP contribution in [0.3, 0.4) is 0 Å². The van der Waals surface area contributed by atoms with Crippen LogP contribution in [0.2, 0.25) is 0 Å². The van der Waals surface area contributed by atoms with Crippen LogP contribution in [-0.4, -0.2) is 54.2 Å². The minimum atomic E-state index is 0.167. The first-order valence-corrected chi connectivity index (χ1v) is 10.9. The lowest BCUT2D eigenvalue weighted by Crippen LogP contribution is -2.44. The van der Waals surface area contributed by atoms with E-state index in [4.69, 9.17) is 9.47 Å². The second-order valence-corrected chi connectivity index (χ2v) is 8.85. The molecule has 2 atom stereocenters. The number of nitrogens with zero attached hydrogens (tertiary/aromatic N) is 2. The van der Waals surface area contributed by atoms with E-state index in [1.807, 2.05) is 22.4 Å². The highest BCUT2D eigenvalue weighted by atomic mass is 32.1. The van der Waals surface area contributed by atoms with Crippen LogP contribution in [0.25, 0.3) is 0 Å². The minimum absolute atomic E-state index is 0.167. The number of morpholine rings is 1. The number of rotatable bonds is 4. The van der Waals surface area contributed by atoms with Crippen LogP contribution in [0.15, 0.2) is 35.7 Å². The summed E-state index contributed by atoms with van der Waals surface area (Å²) in [5.74, 6) is 1.07. The molecule has 0 unspecified atom stereocenters. The summed E-state index contributed by atoms with van der Waals surface area (Å²) in [6, 6.07) is 10.4. The topological polar surface area (TPSA) is 42.0 Å². The maximum Gasteiger partial charge on any atom is 0.228 e. The van der Waals surface area contributed by atoms with E-state index in [9.17, 15) is 4.79 Å². The molecule has 5 nitrogen and oxygen atoms in total.